The van der Waals surface area contributed by atoms with Crippen LogP contribution in [0.2, 0.25) is 0 Å². The molecule has 3 amide bonds. The number of hydrogen-bond donors (Lipinski definition) is 0. The first kappa shape index (κ1) is 19.2. The van der Waals surface area contributed by atoms with Crippen molar-refractivity contribution in [3.05, 3.63) is 23.8 Å². The van der Waals surface area contributed by atoms with Crippen molar-refractivity contribution in [1.82, 2.24) is 9.80 Å². The average molecular weight is 373 g/mol. The summed E-state index contributed by atoms with van der Waals surface area (Å²) in [6, 6.07) is 5.52. The number of hydrogen-bond acceptors (Lipinski definition) is 4. The van der Waals surface area contributed by atoms with Crippen LogP contribution in [0.4, 0.5) is 5.69 Å². The maximum atomic E-state index is 12.8. The molecule has 2 heterocycles. The number of benzene rings is 1. The van der Waals surface area contributed by atoms with Crippen LogP contribution in [0.1, 0.15) is 25.8 Å². The predicted octanol–water partition coefficient (Wildman–Crippen LogP) is 1.30. The predicted molar refractivity (Wildman–Crippen MR) is 102 cm³/mol. The first-order chi connectivity index (χ1) is 12.9. The summed E-state index contributed by atoms with van der Waals surface area (Å²) in [5.74, 6) is 0.718. The third-order valence-electron chi connectivity index (χ3n) is 5.12. The highest BCUT2D eigenvalue weighted by Gasteiger charge is 2.25. The molecular formula is C20H27N3O4. The third kappa shape index (κ3) is 4.23. The van der Waals surface area contributed by atoms with Gasteiger partial charge in [-0.3, -0.25) is 14.4 Å². The van der Waals surface area contributed by atoms with E-state index >= 15 is 0 Å². The van der Waals surface area contributed by atoms with Crippen molar-refractivity contribution in [2.45, 2.75) is 26.7 Å². The average Bonchev–Trinajstić information content (AvgIpc) is 2.90. The molecule has 0 radical (unpaired) electrons. The summed E-state index contributed by atoms with van der Waals surface area (Å²) in [7, 11) is 1.71. The molecule has 0 spiro atoms. The largest absolute Gasteiger partial charge is 0.482 e. The lowest BCUT2D eigenvalue weighted by atomic mass is 10.1. The van der Waals surface area contributed by atoms with E-state index in [4.69, 9.17) is 4.74 Å². The van der Waals surface area contributed by atoms with Gasteiger partial charge in [-0.25, -0.2) is 0 Å². The molecule has 1 fully saturated rings. The fraction of sp³-hybridized carbons (Fsp3) is 0.550. The number of fused-ring (bicyclic) bond motifs is 1. The third-order valence-corrected chi connectivity index (χ3v) is 5.12. The fourth-order valence-electron chi connectivity index (χ4n) is 3.47. The number of carbonyl (C=O) groups is 3. The zero-order chi connectivity index (χ0) is 19.6. The van der Waals surface area contributed by atoms with E-state index in [0.717, 1.165) is 12.0 Å². The summed E-state index contributed by atoms with van der Waals surface area (Å²) in [6.07, 6.45) is 1.06. The Labute approximate surface area is 159 Å². The Bertz CT molecular complexity index is 747. The Kier molecular flexibility index (Phi) is 5.68. The molecule has 27 heavy (non-hydrogen) atoms. The molecular weight excluding hydrogens is 346 g/mol. The van der Waals surface area contributed by atoms with E-state index in [1.165, 1.54) is 0 Å². The van der Waals surface area contributed by atoms with Crippen LogP contribution in [0.15, 0.2) is 18.2 Å². The molecule has 0 aromatic heterocycles. The first-order valence-corrected chi connectivity index (χ1v) is 9.45. The van der Waals surface area contributed by atoms with Crippen LogP contribution in [0.25, 0.3) is 0 Å². The highest BCUT2D eigenvalue weighted by molar-refractivity contribution is 5.97. The van der Waals surface area contributed by atoms with Crippen molar-refractivity contribution >= 4 is 23.4 Å². The molecule has 0 saturated carbocycles. The quantitative estimate of drug-likeness (QED) is 0.801. The minimum absolute atomic E-state index is 0.0235. The van der Waals surface area contributed by atoms with Gasteiger partial charge in [0.1, 0.15) is 5.75 Å². The zero-order valence-electron chi connectivity index (χ0n) is 16.2. The molecule has 2 aliphatic heterocycles. The van der Waals surface area contributed by atoms with Crippen LogP contribution >= 0.6 is 0 Å². The molecule has 2 aliphatic rings. The normalized spacial score (nSPS) is 17.5. The Balaban J connectivity index is 1.64. The Morgan fingerprint density at radius 1 is 1.11 bits per heavy atom. The van der Waals surface area contributed by atoms with E-state index < -0.39 is 0 Å². The Morgan fingerprint density at radius 3 is 2.56 bits per heavy atom. The number of carbonyl (C=O) groups excluding carboxylic acids is 3. The number of anilines is 1. The van der Waals surface area contributed by atoms with Gasteiger partial charge in [-0.05, 0) is 24.1 Å². The van der Waals surface area contributed by atoms with Crippen LogP contribution < -0.4 is 9.64 Å². The lowest BCUT2D eigenvalue weighted by Gasteiger charge is -2.27. The molecule has 0 bridgehead atoms. The molecule has 0 aliphatic carbocycles. The van der Waals surface area contributed by atoms with Gasteiger partial charge in [-0.1, -0.05) is 19.9 Å². The van der Waals surface area contributed by atoms with Gasteiger partial charge in [0.2, 0.25) is 11.8 Å². The molecule has 1 aromatic carbocycles. The monoisotopic (exact) mass is 373 g/mol. The fourth-order valence-corrected chi connectivity index (χ4v) is 3.47. The number of amides is 3. The van der Waals surface area contributed by atoms with Crippen LogP contribution in [0.3, 0.4) is 0 Å². The molecule has 0 atom stereocenters. The van der Waals surface area contributed by atoms with Crippen molar-refractivity contribution in [3.8, 4) is 5.75 Å². The van der Waals surface area contributed by atoms with Crippen LogP contribution in [-0.2, 0) is 20.8 Å². The summed E-state index contributed by atoms with van der Waals surface area (Å²) in [4.78, 5) is 42.0. The highest BCUT2D eigenvalue weighted by Crippen LogP contribution is 2.32. The van der Waals surface area contributed by atoms with Crippen LogP contribution in [0, 0.1) is 5.92 Å². The lowest BCUT2D eigenvalue weighted by Crippen LogP contribution is -2.39. The zero-order valence-corrected chi connectivity index (χ0v) is 16.2. The minimum Gasteiger partial charge on any atom is -0.482 e. The Hall–Kier alpha value is -2.57. The van der Waals surface area contributed by atoms with Crippen LogP contribution in [-0.4, -0.2) is 67.4 Å². The summed E-state index contributed by atoms with van der Waals surface area (Å²) in [5.41, 5.74) is 1.55. The topological polar surface area (TPSA) is 70.2 Å². The van der Waals surface area contributed by atoms with Gasteiger partial charge in [0.05, 0.1) is 12.1 Å². The second-order valence-corrected chi connectivity index (χ2v) is 7.43. The summed E-state index contributed by atoms with van der Waals surface area (Å²) in [5, 5.41) is 0. The maximum Gasteiger partial charge on any atom is 0.264 e. The van der Waals surface area contributed by atoms with E-state index in [9.17, 15) is 14.4 Å². The molecule has 0 N–H and O–H groups in total. The van der Waals surface area contributed by atoms with Crippen molar-refractivity contribution in [1.29, 1.82) is 0 Å². The van der Waals surface area contributed by atoms with Gasteiger partial charge in [-0.15, -0.1) is 0 Å². The smallest absolute Gasteiger partial charge is 0.264 e. The molecule has 7 nitrogen and oxygen atoms in total. The summed E-state index contributed by atoms with van der Waals surface area (Å²) in [6.45, 7) is 6.34. The van der Waals surface area contributed by atoms with Gasteiger partial charge in [0, 0.05) is 39.1 Å². The standard InChI is InChI=1S/C20H27N3O4/c1-14(2)20(26)23-8-4-7-22(9-10-23)18(24)12-15-5-6-17-16(11-15)21(3)19(25)13-27-17/h5-6,11,14H,4,7-10,12-13H2,1-3H3. The van der Waals surface area contributed by atoms with Gasteiger partial charge in [0.15, 0.2) is 6.61 Å². The van der Waals surface area contributed by atoms with Crippen molar-refractivity contribution in [2.75, 3.05) is 44.7 Å². The van der Waals surface area contributed by atoms with E-state index in [1.807, 2.05) is 41.8 Å². The van der Waals surface area contributed by atoms with E-state index in [2.05, 4.69) is 0 Å². The molecule has 1 aromatic rings. The minimum atomic E-state index is -0.103. The SMILES string of the molecule is CC(C)C(=O)N1CCCN(C(=O)Cc2ccc3c(c2)N(C)C(=O)CO3)CC1. The second kappa shape index (κ2) is 7.98. The maximum absolute atomic E-state index is 12.8. The van der Waals surface area contributed by atoms with Gasteiger partial charge < -0.3 is 19.4 Å². The van der Waals surface area contributed by atoms with Crippen molar-refractivity contribution < 1.29 is 19.1 Å². The Morgan fingerprint density at radius 2 is 1.81 bits per heavy atom. The number of nitrogens with zero attached hydrogens (tertiary/aromatic N) is 3. The van der Waals surface area contributed by atoms with E-state index in [1.54, 1.807) is 11.9 Å². The molecule has 7 heteroatoms. The molecule has 0 unspecified atom stereocenters. The number of likely N-dealkylation sites (N-methyl/N-ethyl adjacent to an activating group) is 1. The molecule has 1 saturated heterocycles. The van der Waals surface area contributed by atoms with Crippen LogP contribution in [0.5, 0.6) is 5.75 Å². The van der Waals surface area contributed by atoms with Crippen molar-refractivity contribution in [2.24, 2.45) is 5.92 Å². The first-order valence-electron chi connectivity index (χ1n) is 9.45. The van der Waals surface area contributed by atoms with Gasteiger partial charge in [-0.2, -0.15) is 0 Å². The summed E-state index contributed by atoms with van der Waals surface area (Å²) < 4.78 is 5.43. The van der Waals surface area contributed by atoms with Crippen molar-refractivity contribution in [3.63, 3.8) is 0 Å². The molecule has 146 valence electrons. The number of ether oxygens (including phenoxy) is 1. The number of rotatable bonds is 3. The second-order valence-electron chi connectivity index (χ2n) is 7.43. The van der Waals surface area contributed by atoms with Gasteiger partial charge in [0.25, 0.3) is 5.91 Å². The highest BCUT2D eigenvalue weighted by atomic mass is 16.5. The summed E-state index contributed by atoms with van der Waals surface area (Å²) >= 11 is 0. The van der Waals surface area contributed by atoms with E-state index in [-0.39, 0.29) is 36.7 Å². The lowest BCUT2D eigenvalue weighted by molar-refractivity contribution is -0.135. The van der Waals surface area contributed by atoms with Gasteiger partial charge >= 0.3 is 0 Å². The van der Waals surface area contributed by atoms with E-state index in [0.29, 0.717) is 37.6 Å². The molecule has 3 rings (SSSR count).